The van der Waals surface area contributed by atoms with Crippen LogP contribution < -0.4 is 11.5 Å². The molecule has 0 amide bonds. The van der Waals surface area contributed by atoms with Crippen molar-refractivity contribution in [3.8, 4) is 0 Å². The van der Waals surface area contributed by atoms with Gasteiger partial charge in [0.1, 0.15) is 6.04 Å². The lowest BCUT2D eigenvalue weighted by Crippen LogP contribution is -2.53. The third-order valence-corrected chi connectivity index (χ3v) is 1.77. The minimum absolute atomic E-state index is 0.375. The van der Waals surface area contributed by atoms with Crippen LogP contribution in [0.25, 0.3) is 0 Å². The van der Waals surface area contributed by atoms with Crippen LogP contribution >= 0.6 is 0 Å². The van der Waals surface area contributed by atoms with E-state index in [9.17, 15) is 10.0 Å². The van der Waals surface area contributed by atoms with Crippen molar-refractivity contribution in [1.82, 2.24) is 0 Å². The second-order valence-corrected chi connectivity index (χ2v) is 2.76. The summed E-state index contributed by atoms with van der Waals surface area (Å²) in [7, 11) is 0. The monoisotopic (exact) mass is 177 g/mol. The van der Waals surface area contributed by atoms with Gasteiger partial charge in [0, 0.05) is 0 Å². The van der Waals surface area contributed by atoms with Gasteiger partial charge in [-0.25, -0.2) is 0 Å². The molecule has 12 heavy (non-hydrogen) atoms. The Bertz CT molecular complexity index is 144. The summed E-state index contributed by atoms with van der Waals surface area (Å²) in [5, 5.41) is 20.5. The summed E-state index contributed by atoms with van der Waals surface area (Å²) in [6, 6.07) is -2.37. The van der Waals surface area contributed by atoms with E-state index in [1.807, 2.05) is 0 Å². The summed E-state index contributed by atoms with van der Waals surface area (Å²) in [5.74, 6) is 0. The first-order valence-electron chi connectivity index (χ1n) is 3.67. The number of rotatable bonds is 5. The zero-order valence-corrected chi connectivity index (χ0v) is 6.92. The topological polar surface area (TPSA) is 122 Å². The summed E-state index contributed by atoms with van der Waals surface area (Å²) in [5.41, 5.74) is 10.7. The highest BCUT2D eigenvalue weighted by molar-refractivity contribution is 4.87. The third-order valence-electron chi connectivity index (χ3n) is 1.77. The molecule has 0 bridgehead atoms. The highest BCUT2D eigenvalue weighted by Crippen LogP contribution is 2.03. The van der Waals surface area contributed by atoms with Gasteiger partial charge in [-0.3, -0.25) is 0 Å². The van der Waals surface area contributed by atoms with Crippen molar-refractivity contribution in [2.24, 2.45) is 16.6 Å². The van der Waals surface area contributed by atoms with Gasteiger partial charge in [0.05, 0.1) is 24.8 Å². The molecule has 6 nitrogen and oxygen atoms in total. The number of nitrogens with zero attached hydrogens (tertiary/aromatic N) is 1. The maximum atomic E-state index is 10.0. The Labute approximate surface area is 70.5 Å². The molecule has 0 aromatic heterocycles. The lowest BCUT2D eigenvalue weighted by atomic mass is 10.00. The highest BCUT2D eigenvalue weighted by atomic mass is 16.3. The van der Waals surface area contributed by atoms with E-state index in [-0.39, 0.29) is 6.61 Å². The second-order valence-electron chi connectivity index (χ2n) is 2.76. The molecular formula is C6H15N3O3. The maximum absolute atomic E-state index is 10.0. The van der Waals surface area contributed by atoms with Crippen LogP contribution in [0.3, 0.4) is 0 Å². The quantitative estimate of drug-likeness (QED) is 0.367. The largest absolute Gasteiger partial charge is 0.395 e. The van der Waals surface area contributed by atoms with E-state index >= 15 is 0 Å². The number of hydrogen-bond acceptors (Lipinski definition) is 6. The smallest absolute Gasteiger partial charge is 0.107 e. The van der Waals surface area contributed by atoms with E-state index in [0.717, 1.165) is 0 Å². The van der Waals surface area contributed by atoms with Gasteiger partial charge in [-0.1, -0.05) is 5.18 Å². The molecule has 6 heteroatoms. The molecule has 0 aromatic rings. The van der Waals surface area contributed by atoms with Crippen LogP contribution in [0.1, 0.15) is 6.92 Å². The summed E-state index contributed by atoms with van der Waals surface area (Å²) in [6.45, 7) is 1.10. The first-order valence-corrected chi connectivity index (χ1v) is 3.67. The van der Waals surface area contributed by atoms with Crippen LogP contribution in [0.15, 0.2) is 5.18 Å². The summed E-state index contributed by atoms with van der Waals surface area (Å²) < 4.78 is 0. The molecular weight excluding hydrogens is 162 g/mol. The fraction of sp³-hybridized carbons (Fsp3) is 1.00. The normalized spacial score (nSPS) is 21.1. The average molecular weight is 177 g/mol. The predicted molar refractivity (Wildman–Crippen MR) is 44.3 cm³/mol. The standard InChI is InChI=1S/C6H15N3O3/c1-3(9-12)5(8)6(11)4(7)2-10/h3-6,10-11H,2,7-8H2,1H3. The van der Waals surface area contributed by atoms with E-state index < -0.39 is 24.2 Å². The van der Waals surface area contributed by atoms with Crippen molar-refractivity contribution in [3.05, 3.63) is 4.91 Å². The highest BCUT2D eigenvalue weighted by Gasteiger charge is 2.26. The minimum atomic E-state index is -1.11. The summed E-state index contributed by atoms with van der Waals surface area (Å²) in [4.78, 5) is 10.0. The molecule has 0 fully saturated rings. The van der Waals surface area contributed by atoms with Crippen molar-refractivity contribution in [3.63, 3.8) is 0 Å². The van der Waals surface area contributed by atoms with Gasteiger partial charge in [-0.15, -0.1) is 0 Å². The zero-order chi connectivity index (χ0) is 9.72. The minimum Gasteiger partial charge on any atom is -0.395 e. The molecule has 0 saturated heterocycles. The Morgan fingerprint density at radius 1 is 1.50 bits per heavy atom. The zero-order valence-electron chi connectivity index (χ0n) is 6.92. The molecule has 0 spiro atoms. The number of nitrogens with two attached hydrogens (primary N) is 2. The van der Waals surface area contributed by atoms with Gasteiger partial charge in [-0.2, -0.15) is 4.91 Å². The molecule has 0 aromatic carbocycles. The predicted octanol–water partition coefficient (Wildman–Crippen LogP) is -1.85. The molecule has 4 unspecified atom stereocenters. The third kappa shape index (κ3) is 2.82. The summed E-state index contributed by atoms with van der Waals surface area (Å²) in [6.07, 6.45) is -1.11. The molecule has 4 atom stereocenters. The van der Waals surface area contributed by atoms with Crippen molar-refractivity contribution in [2.75, 3.05) is 6.61 Å². The Kier molecular flexibility index (Phi) is 4.91. The van der Waals surface area contributed by atoms with Gasteiger partial charge in [0.2, 0.25) is 0 Å². The first-order chi connectivity index (χ1) is 5.54. The molecule has 0 saturated carbocycles. The number of aliphatic hydroxyl groups excluding tert-OH is 2. The van der Waals surface area contributed by atoms with Crippen LogP contribution in [0, 0.1) is 4.91 Å². The van der Waals surface area contributed by atoms with E-state index in [2.05, 4.69) is 5.18 Å². The van der Waals surface area contributed by atoms with E-state index in [1.54, 1.807) is 0 Å². The maximum Gasteiger partial charge on any atom is 0.107 e. The lowest BCUT2D eigenvalue weighted by Gasteiger charge is -2.24. The number of hydrogen-bond donors (Lipinski definition) is 4. The Morgan fingerprint density at radius 3 is 2.33 bits per heavy atom. The molecule has 6 N–H and O–H groups in total. The van der Waals surface area contributed by atoms with Crippen molar-refractivity contribution in [2.45, 2.75) is 31.2 Å². The number of nitroso groups, excluding NO2 is 1. The van der Waals surface area contributed by atoms with Crippen molar-refractivity contribution in [1.29, 1.82) is 0 Å². The van der Waals surface area contributed by atoms with Gasteiger partial charge < -0.3 is 21.7 Å². The van der Waals surface area contributed by atoms with Crippen LogP contribution in [0.4, 0.5) is 0 Å². The van der Waals surface area contributed by atoms with Gasteiger partial charge >= 0.3 is 0 Å². The van der Waals surface area contributed by atoms with Crippen LogP contribution in [0.5, 0.6) is 0 Å². The van der Waals surface area contributed by atoms with Crippen LogP contribution in [-0.2, 0) is 0 Å². The molecule has 0 heterocycles. The first kappa shape index (κ1) is 11.4. The van der Waals surface area contributed by atoms with Gasteiger partial charge in [0.15, 0.2) is 0 Å². The van der Waals surface area contributed by atoms with Gasteiger partial charge in [0.25, 0.3) is 0 Å². The van der Waals surface area contributed by atoms with E-state index in [0.29, 0.717) is 0 Å². The second kappa shape index (κ2) is 5.15. The Balaban J connectivity index is 4.07. The fourth-order valence-corrected chi connectivity index (χ4v) is 0.749. The molecule has 0 aliphatic rings. The molecule has 0 aliphatic heterocycles. The molecule has 0 rings (SSSR count). The van der Waals surface area contributed by atoms with E-state index in [4.69, 9.17) is 16.6 Å². The fourth-order valence-electron chi connectivity index (χ4n) is 0.749. The van der Waals surface area contributed by atoms with Crippen molar-refractivity contribution < 1.29 is 10.2 Å². The molecule has 72 valence electrons. The van der Waals surface area contributed by atoms with Crippen molar-refractivity contribution >= 4 is 0 Å². The lowest BCUT2D eigenvalue weighted by molar-refractivity contribution is 0.0808. The van der Waals surface area contributed by atoms with Crippen LogP contribution in [-0.4, -0.2) is 41.0 Å². The summed E-state index contributed by atoms with van der Waals surface area (Å²) >= 11 is 0. The molecule has 0 radical (unpaired) electrons. The Hall–Kier alpha value is -0.560. The SMILES string of the molecule is CC(N=O)C(N)C(O)C(N)CO. The average Bonchev–Trinajstić information content (AvgIpc) is 2.12. The van der Waals surface area contributed by atoms with E-state index in [1.165, 1.54) is 6.92 Å². The molecule has 0 aliphatic carbocycles. The van der Waals surface area contributed by atoms with Crippen LogP contribution in [0.2, 0.25) is 0 Å². The Morgan fingerprint density at radius 2 is 2.00 bits per heavy atom. The number of aliphatic hydroxyl groups is 2. The van der Waals surface area contributed by atoms with Gasteiger partial charge in [-0.05, 0) is 6.92 Å².